The van der Waals surface area contributed by atoms with Crippen LogP contribution < -0.4 is 0 Å². The molecule has 1 N–H and O–H groups in total. The first-order valence-corrected chi connectivity index (χ1v) is 4.81. The van der Waals surface area contributed by atoms with Crippen molar-refractivity contribution in [3.8, 4) is 11.5 Å². The molecule has 2 rings (SSSR count). The van der Waals surface area contributed by atoms with Crippen LogP contribution >= 0.6 is 0 Å². The van der Waals surface area contributed by atoms with Gasteiger partial charge in [-0.05, 0) is 18.6 Å². The Morgan fingerprint density at radius 2 is 2.17 bits per heavy atom. The van der Waals surface area contributed by atoms with Gasteiger partial charge in [-0.25, -0.2) is 4.79 Å². The first-order valence-electron chi connectivity index (χ1n) is 4.81. The Hall–Kier alpha value is -2.77. The molecule has 0 saturated heterocycles. The summed E-state index contributed by atoms with van der Waals surface area (Å²) in [5.41, 5.74) is 0.631. The van der Waals surface area contributed by atoms with Crippen LogP contribution in [0.25, 0.3) is 11.5 Å². The van der Waals surface area contributed by atoms with Gasteiger partial charge in [0.1, 0.15) is 5.56 Å². The van der Waals surface area contributed by atoms with Crippen LogP contribution in [0, 0.1) is 17.0 Å². The van der Waals surface area contributed by atoms with E-state index in [1.807, 2.05) is 0 Å². The largest absolute Gasteiger partial charge is 0.474 e. The Labute approximate surface area is 100 Å². The maximum atomic E-state index is 10.8. The minimum absolute atomic E-state index is 0.0972. The second kappa shape index (κ2) is 4.24. The number of hydrogen-bond acceptors (Lipinski definition) is 6. The molecule has 0 fully saturated rings. The number of rotatable bonds is 3. The molecule has 1 heterocycles. The summed E-state index contributed by atoms with van der Waals surface area (Å²) in [6, 6.07) is 4.35. The fourth-order valence-electron chi connectivity index (χ4n) is 1.40. The maximum Gasteiger partial charge on any atom is 0.393 e. The summed E-state index contributed by atoms with van der Waals surface area (Å²) in [5, 5.41) is 26.3. The first-order chi connectivity index (χ1) is 8.49. The summed E-state index contributed by atoms with van der Waals surface area (Å²) in [4.78, 5) is 20.8. The number of nitro groups is 1. The molecule has 0 bridgehead atoms. The van der Waals surface area contributed by atoms with Crippen molar-refractivity contribution in [2.24, 2.45) is 0 Å². The summed E-state index contributed by atoms with van der Waals surface area (Å²) in [6.45, 7) is 1.74. The Kier molecular flexibility index (Phi) is 2.76. The van der Waals surface area contributed by atoms with E-state index in [1.54, 1.807) is 13.0 Å². The zero-order valence-electron chi connectivity index (χ0n) is 9.15. The summed E-state index contributed by atoms with van der Waals surface area (Å²) >= 11 is 0. The number of aromatic carboxylic acids is 1. The number of aromatic nitrogens is 2. The first kappa shape index (κ1) is 11.7. The minimum Gasteiger partial charge on any atom is -0.474 e. The van der Waals surface area contributed by atoms with E-state index in [0.717, 1.165) is 5.56 Å². The standard InChI is InChI=1S/C10H7N3O5/c1-5-2-3-7(13(16)17)6(4-5)8-11-12-9(18-8)10(14)15/h2-4H,1H3,(H,14,15). The second-order valence-corrected chi connectivity index (χ2v) is 3.50. The van der Waals surface area contributed by atoms with Crippen LogP contribution in [-0.2, 0) is 0 Å². The molecule has 0 amide bonds. The fraction of sp³-hybridized carbons (Fsp3) is 0.100. The predicted octanol–water partition coefficient (Wildman–Crippen LogP) is 1.65. The molecule has 8 heteroatoms. The van der Waals surface area contributed by atoms with Crippen LogP contribution in [0.15, 0.2) is 22.6 Å². The lowest BCUT2D eigenvalue weighted by Crippen LogP contribution is -1.95. The molecule has 8 nitrogen and oxygen atoms in total. The van der Waals surface area contributed by atoms with Gasteiger partial charge in [-0.15, -0.1) is 10.2 Å². The molecule has 0 atom stereocenters. The van der Waals surface area contributed by atoms with E-state index in [2.05, 4.69) is 10.2 Å². The Morgan fingerprint density at radius 1 is 1.44 bits per heavy atom. The van der Waals surface area contributed by atoms with Gasteiger partial charge in [0.25, 0.3) is 11.6 Å². The topological polar surface area (TPSA) is 119 Å². The second-order valence-electron chi connectivity index (χ2n) is 3.50. The Bertz CT molecular complexity index is 634. The van der Waals surface area contributed by atoms with Crippen LogP contribution in [0.1, 0.15) is 16.2 Å². The average molecular weight is 249 g/mol. The third-order valence-corrected chi connectivity index (χ3v) is 2.19. The van der Waals surface area contributed by atoms with Gasteiger partial charge in [0.05, 0.1) is 4.92 Å². The van der Waals surface area contributed by atoms with Crippen LogP contribution in [0.2, 0.25) is 0 Å². The van der Waals surface area contributed by atoms with Gasteiger partial charge in [0, 0.05) is 6.07 Å². The van der Waals surface area contributed by atoms with Crippen molar-refractivity contribution in [3.05, 3.63) is 39.8 Å². The molecule has 92 valence electrons. The molecule has 2 aromatic rings. The van der Waals surface area contributed by atoms with Crippen molar-refractivity contribution in [2.45, 2.75) is 6.92 Å². The number of benzene rings is 1. The third-order valence-electron chi connectivity index (χ3n) is 2.19. The van der Waals surface area contributed by atoms with Gasteiger partial charge in [-0.1, -0.05) is 6.07 Å². The molecular weight excluding hydrogens is 242 g/mol. The highest BCUT2D eigenvalue weighted by atomic mass is 16.6. The van der Waals surface area contributed by atoms with Gasteiger partial charge < -0.3 is 9.52 Å². The van der Waals surface area contributed by atoms with Crippen molar-refractivity contribution >= 4 is 11.7 Å². The smallest absolute Gasteiger partial charge is 0.393 e. The maximum absolute atomic E-state index is 10.8. The van der Waals surface area contributed by atoms with E-state index >= 15 is 0 Å². The van der Waals surface area contributed by atoms with E-state index < -0.39 is 16.8 Å². The fourth-order valence-corrected chi connectivity index (χ4v) is 1.40. The molecule has 1 aromatic carbocycles. The molecule has 0 aliphatic rings. The molecule has 18 heavy (non-hydrogen) atoms. The quantitative estimate of drug-likeness (QED) is 0.648. The Balaban J connectivity index is 2.57. The lowest BCUT2D eigenvalue weighted by molar-refractivity contribution is -0.384. The zero-order chi connectivity index (χ0) is 13.3. The van der Waals surface area contributed by atoms with Gasteiger partial charge in [0.15, 0.2) is 0 Å². The predicted molar refractivity (Wildman–Crippen MR) is 58.1 cm³/mol. The van der Waals surface area contributed by atoms with E-state index in [-0.39, 0.29) is 17.1 Å². The van der Waals surface area contributed by atoms with Crippen LogP contribution in [0.5, 0.6) is 0 Å². The third kappa shape index (κ3) is 2.03. The molecule has 0 unspecified atom stereocenters. The number of carbonyl (C=O) groups is 1. The molecule has 0 saturated carbocycles. The molecule has 0 aliphatic carbocycles. The average Bonchev–Trinajstić information content (AvgIpc) is 2.77. The summed E-state index contributed by atoms with van der Waals surface area (Å²) in [6.07, 6.45) is 0. The van der Waals surface area contributed by atoms with Crippen molar-refractivity contribution < 1.29 is 19.2 Å². The number of nitrogens with zero attached hydrogens (tertiary/aromatic N) is 3. The minimum atomic E-state index is -1.39. The molecule has 0 spiro atoms. The van der Waals surface area contributed by atoms with Crippen molar-refractivity contribution in [1.29, 1.82) is 0 Å². The van der Waals surface area contributed by atoms with Crippen molar-refractivity contribution in [2.75, 3.05) is 0 Å². The van der Waals surface area contributed by atoms with Gasteiger partial charge in [-0.3, -0.25) is 10.1 Å². The lowest BCUT2D eigenvalue weighted by Gasteiger charge is -1.99. The van der Waals surface area contributed by atoms with Gasteiger partial charge >= 0.3 is 11.9 Å². The van der Waals surface area contributed by atoms with E-state index in [0.29, 0.717) is 0 Å². The lowest BCUT2D eigenvalue weighted by atomic mass is 10.1. The summed E-state index contributed by atoms with van der Waals surface area (Å²) in [7, 11) is 0. The highest BCUT2D eigenvalue weighted by Crippen LogP contribution is 2.29. The summed E-state index contributed by atoms with van der Waals surface area (Å²) < 4.78 is 4.85. The molecule has 0 aliphatic heterocycles. The van der Waals surface area contributed by atoms with Crippen LogP contribution in [0.3, 0.4) is 0 Å². The number of aryl methyl sites for hydroxylation is 1. The van der Waals surface area contributed by atoms with Crippen molar-refractivity contribution in [1.82, 2.24) is 10.2 Å². The SMILES string of the molecule is Cc1ccc([N+](=O)[O-])c(-c2nnc(C(=O)O)o2)c1. The Morgan fingerprint density at radius 3 is 2.72 bits per heavy atom. The number of hydrogen-bond donors (Lipinski definition) is 1. The molecule has 0 radical (unpaired) electrons. The van der Waals surface area contributed by atoms with E-state index in [9.17, 15) is 14.9 Å². The highest BCUT2D eigenvalue weighted by Gasteiger charge is 2.22. The molecular formula is C10H7N3O5. The summed E-state index contributed by atoms with van der Waals surface area (Å²) in [5.74, 6) is -2.19. The van der Waals surface area contributed by atoms with E-state index in [1.165, 1.54) is 12.1 Å². The number of nitro benzene ring substituents is 1. The monoisotopic (exact) mass is 249 g/mol. The van der Waals surface area contributed by atoms with Crippen LogP contribution in [0.4, 0.5) is 5.69 Å². The normalized spacial score (nSPS) is 10.3. The molecule has 1 aromatic heterocycles. The van der Waals surface area contributed by atoms with Gasteiger partial charge in [0.2, 0.25) is 0 Å². The number of carboxylic acids is 1. The van der Waals surface area contributed by atoms with Gasteiger partial charge in [-0.2, -0.15) is 0 Å². The zero-order valence-corrected chi connectivity index (χ0v) is 9.15. The number of carboxylic acid groups (broad SMARTS) is 1. The highest BCUT2D eigenvalue weighted by molar-refractivity contribution is 5.82. The van der Waals surface area contributed by atoms with Crippen molar-refractivity contribution in [3.63, 3.8) is 0 Å². The van der Waals surface area contributed by atoms with Crippen LogP contribution in [-0.4, -0.2) is 26.2 Å². The van der Waals surface area contributed by atoms with E-state index in [4.69, 9.17) is 9.52 Å².